The molecule has 1 aliphatic rings. The summed E-state index contributed by atoms with van der Waals surface area (Å²) in [6, 6.07) is 10.7. The maximum atomic E-state index is 11.3. The zero-order valence-corrected chi connectivity index (χ0v) is 13.1. The van der Waals surface area contributed by atoms with Gasteiger partial charge in [-0.1, -0.05) is 30.3 Å². The zero-order valence-electron chi connectivity index (χ0n) is 12.3. The van der Waals surface area contributed by atoms with Crippen molar-refractivity contribution in [2.75, 3.05) is 18.6 Å². The number of thioether (sulfide) groups is 1. The van der Waals surface area contributed by atoms with Gasteiger partial charge in [0.05, 0.1) is 13.5 Å². The number of carbonyl (C=O) groups is 1. The molecule has 1 aromatic carbocycles. The Morgan fingerprint density at radius 2 is 2.00 bits per heavy atom. The normalized spacial score (nSPS) is 15.8. The van der Waals surface area contributed by atoms with E-state index in [1.807, 2.05) is 11.8 Å². The topological polar surface area (TPSA) is 26.3 Å². The number of rotatable bonds is 9. The number of esters is 1. The zero-order chi connectivity index (χ0) is 14.3. The Balaban J connectivity index is 1.53. The highest BCUT2D eigenvalue weighted by molar-refractivity contribution is 7.99. The van der Waals surface area contributed by atoms with Crippen LogP contribution >= 0.6 is 11.8 Å². The van der Waals surface area contributed by atoms with Crippen molar-refractivity contribution in [1.29, 1.82) is 0 Å². The highest BCUT2D eigenvalue weighted by Gasteiger charge is 2.44. The fraction of sp³-hybridized carbons (Fsp3) is 0.588. The average molecular weight is 292 g/mol. The smallest absolute Gasteiger partial charge is 0.306 e. The van der Waals surface area contributed by atoms with Crippen LogP contribution in [0.5, 0.6) is 0 Å². The van der Waals surface area contributed by atoms with Crippen LogP contribution in [0, 0.1) is 5.41 Å². The molecule has 0 atom stereocenters. The largest absolute Gasteiger partial charge is 0.469 e. The molecule has 0 bridgehead atoms. The van der Waals surface area contributed by atoms with Gasteiger partial charge in [-0.2, -0.15) is 11.8 Å². The molecule has 2 nitrogen and oxygen atoms in total. The number of hydrogen-bond acceptors (Lipinski definition) is 3. The molecule has 3 heteroatoms. The average Bonchev–Trinajstić information content (AvgIpc) is 3.23. The van der Waals surface area contributed by atoms with Crippen molar-refractivity contribution >= 4 is 17.7 Å². The summed E-state index contributed by atoms with van der Waals surface area (Å²) in [4.78, 5) is 11.3. The predicted octanol–water partition coefficient (Wildman–Crippen LogP) is 4.09. The molecule has 0 aromatic heterocycles. The van der Waals surface area contributed by atoms with Crippen molar-refractivity contribution in [2.24, 2.45) is 5.41 Å². The van der Waals surface area contributed by atoms with Crippen LogP contribution in [0.25, 0.3) is 0 Å². The third-order valence-electron chi connectivity index (χ3n) is 3.96. The number of aryl methyl sites for hydroxylation is 1. The van der Waals surface area contributed by atoms with E-state index < -0.39 is 0 Å². The van der Waals surface area contributed by atoms with Gasteiger partial charge in [0.15, 0.2) is 0 Å². The molecular formula is C17H24O2S. The van der Waals surface area contributed by atoms with Gasteiger partial charge in [0, 0.05) is 0 Å². The molecule has 1 aromatic rings. The SMILES string of the molecule is COC(=O)CC1(CSCCCCc2ccccc2)CC1. The van der Waals surface area contributed by atoms with E-state index in [1.165, 1.54) is 50.5 Å². The van der Waals surface area contributed by atoms with E-state index >= 15 is 0 Å². The van der Waals surface area contributed by atoms with Crippen molar-refractivity contribution in [3.8, 4) is 0 Å². The first-order valence-corrected chi connectivity index (χ1v) is 8.58. The highest BCUT2D eigenvalue weighted by Crippen LogP contribution is 2.51. The first-order valence-electron chi connectivity index (χ1n) is 7.43. The first kappa shape index (κ1) is 15.4. The van der Waals surface area contributed by atoms with Crippen molar-refractivity contribution in [2.45, 2.75) is 38.5 Å². The predicted molar refractivity (Wildman–Crippen MR) is 85.0 cm³/mol. The van der Waals surface area contributed by atoms with E-state index in [2.05, 4.69) is 30.3 Å². The fourth-order valence-electron chi connectivity index (χ4n) is 2.39. The summed E-state index contributed by atoms with van der Waals surface area (Å²) in [5.74, 6) is 2.27. The summed E-state index contributed by atoms with van der Waals surface area (Å²) in [5, 5.41) is 0. The van der Waals surface area contributed by atoms with Crippen LogP contribution in [0.2, 0.25) is 0 Å². The Hall–Kier alpha value is -0.960. The van der Waals surface area contributed by atoms with Crippen LogP contribution in [-0.4, -0.2) is 24.6 Å². The Morgan fingerprint density at radius 1 is 1.25 bits per heavy atom. The van der Waals surface area contributed by atoms with Crippen molar-refractivity contribution in [1.82, 2.24) is 0 Å². The van der Waals surface area contributed by atoms with E-state index in [1.54, 1.807) is 0 Å². The quantitative estimate of drug-likeness (QED) is 0.506. The Labute approximate surface area is 126 Å². The van der Waals surface area contributed by atoms with Crippen LogP contribution in [0.1, 0.15) is 37.7 Å². The molecule has 0 unspecified atom stereocenters. The fourth-order valence-corrected chi connectivity index (χ4v) is 3.77. The molecule has 0 saturated heterocycles. The van der Waals surface area contributed by atoms with E-state index in [-0.39, 0.29) is 11.4 Å². The summed E-state index contributed by atoms with van der Waals surface area (Å²) in [6.45, 7) is 0. The molecule has 0 amide bonds. The van der Waals surface area contributed by atoms with Crippen molar-refractivity contribution in [3.05, 3.63) is 35.9 Å². The van der Waals surface area contributed by atoms with Gasteiger partial charge in [0.25, 0.3) is 0 Å². The molecule has 110 valence electrons. The Morgan fingerprint density at radius 3 is 2.65 bits per heavy atom. The Bertz CT molecular complexity index is 412. The van der Waals surface area contributed by atoms with Crippen LogP contribution < -0.4 is 0 Å². The number of unbranched alkanes of at least 4 members (excludes halogenated alkanes) is 1. The summed E-state index contributed by atoms with van der Waals surface area (Å²) < 4.78 is 4.77. The standard InChI is InChI=1S/C17H24O2S/c1-19-16(18)13-17(10-11-17)14-20-12-6-5-9-15-7-3-2-4-8-15/h2-4,7-8H,5-6,9-14H2,1H3. The van der Waals surface area contributed by atoms with E-state index in [4.69, 9.17) is 4.74 Å². The first-order chi connectivity index (χ1) is 9.74. The molecule has 0 radical (unpaired) electrons. The lowest BCUT2D eigenvalue weighted by Crippen LogP contribution is -2.13. The van der Waals surface area contributed by atoms with Gasteiger partial charge >= 0.3 is 5.97 Å². The van der Waals surface area contributed by atoms with E-state index in [9.17, 15) is 4.79 Å². The molecule has 0 spiro atoms. The molecule has 0 N–H and O–H groups in total. The second-order valence-corrected chi connectivity index (χ2v) is 6.85. The lowest BCUT2D eigenvalue weighted by molar-refractivity contribution is -0.141. The van der Waals surface area contributed by atoms with Gasteiger partial charge in [0.1, 0.15) is 0 Å². The minimum atomic E-state index is -0.0489. The molecule has 1 aliphatic carbocycles. The molecular weight excluding hydrogens is 268 g/mol. The number of methoxy groups -OCH3 is 1. The monoisotopic (exact) mass is 292 g/mol. The molecule has 2 rings (SSSR count). The van der Waals surface area contributed by atoms with Crippen LogP contribution in [-0.2, 0) is 16.0 Å². The second-order valence-electron chi connectivity index (χ2n) is 5.75. The minimum absolute atomic E-state index is 0.0489. The van der Waals surface area contributed by atoms with Crippen LogP contribution in [0.15, 0.2) is 30.3 Å². The van der Waals surface area contributed by atoms with Crippen molar-refractivity contribution < 1.29 is 9.53 Å². The lowest BCUT2D eigenvalue weighted by atomic mass is 10.1. The van der Waals surface area contributed by atoms with Gasteiger partial charge in [-0.25, -0.2) is 0 Å². The molecule has 20 heavy (non-hydrogen) atoms. The number of hydrogen-bond donors (Lipinski definition) is 0. The maximum Gasteiger partial charge on any atom is 0.306 e. The van der Waals surface area contributed by atoms with Gasteiger partial charge in [-0.15, -0.1) is 0 Å². The second kappa shape index (κ2) is 7.72. The molecule has 1 saturated carbocycles. The summed E-state index contributed by atoms with van der Waals surface area (Å²) >= 11 is 2.00. The third kappa shape index (κ3) is 5.20. The van der Waals surface area contributed by atoms with E-state index in [0.29, 0.717) is 6.42 Å². The molecule has 1 fully saturated rings. The van der Waals surface area contributed by atoms with Crippen LogP contribution in [0.4, 0.5) is 0 Å². The third-order valence-corrected chi connectivity index (χ3v) is 5.35. The van der Waals surface area contributed by atoms with Gasteiger partial charge in [0.2, 0.25) is 0 Å². The van der Waals surface area contributed by atoms with E-state index in [0.717, 1.165) is 5.75 Å². The summed E-state index contributed by atoms with van der Waals surface area (Å²) in [5.41, 5.74) is 1.71. The molecule has 0 aliphatic heterocycles. The van der Waals surface area contributed by atoms with Crippen molar-refractivity contribution in [3.63, 3.8) is 0 Å². The minimum Gasteiger partial charge on any atom is -0.469 e. The number of carbonyl (C=O) groups excluding carboxylic acids is 1. The summed E-state index contributed by atoms with van der Waals surface area (Å²) in [6.07, 6.45) is 6.68. The molecule has 0 heterocycles. The van der Waals surface area contributed by atoms with Gasteiger partial charge in [-0.3, -0.25) is 4.79 Å². The number of benzene rings is 1. The van der Waals surface area contributed by atoms with Crippen LogP contribution in [0.3, 0.4) is 0 Å². The lowest BCUT2D eigenvalue weighted by Gasteiger charge is -2.12. The Kier molecular flexibility index (Phi) is 5.96. The maximum absolute atomic E-state index is 11.3. The number of ether oxygens (including phenoxy) is 1. The van der Waals surface area contributed by atoms with Gasteiger partial charge < -0.3 is 4.74 Å². The van der Waals surface area contributed by atoms with Gasteiger partial charge in [-0.05, 0) is 54.6 Å². The summed E-state index contributed by atoms with van der Waals surface area (Å²) in [7, 11) is 1.48. The highest BCUT2D eigenvalue weighted by atomic mass is 32.2.